The van der Waals surface area contributed by atoms with Crippen molar-refractivity contribution in [2.75, 3.05) is 20.8 Å². The van der Waals surface area contributed by atoms with E-state index in [9.17, 15) is 19.8 Å². The highest BCUT2D eigenvalue weighted by molar-refractivity contribution is 5.87. The van der Waals surface area contributed by atoms with Crippen LogP contribution in [0.3, 0.4) is 0 Å². The number of rotatable bonds is 6. The predicted octanol–water partition coefficient (Wildman–Crippen LogP) is 7.54. The SMILES string of the molecule is COC(=O)C12CCC(C)(C)CC1C1=CCC3C4(C)CC(O)C(O)C(C)(COC(=O)C=Cc5ccc(OC)cc5)C4CCC3(C)C1(C)CC2. The fourth-order valence-electron chi connectivity index (χ4n) is 12.1. The molecule has 48 heavy (non-hydrogen) atoms. The third kappa shape index (κ3) is 5.20. The number of esters is 2. The summed E-state index contributed by atoms with van der Waals surface area (Å²) in [5, 5.41) is 23.1. The summed E-state index contributed by atoms with van der Waals surface area (Å²) < 4.78 is 16.6. The van der Waals surface area contributed by atoms with E-state index in [4.69, 9.17) is 14.2 Å². The van der Waals surface area contributed by atoms with E-state index < -0.39 is 29.0 Å². The lowest BCUT2D eigenvalue weighted by Gasteiger charge is -2.71. The molecule has 264 valence electrons. The first kappa shape index (κ1) is 35.2. The Balaban J connectivity index is 1.28. The fourth-order valence-corrected chi connectivity index (χ4v) is 12.1. The maximum absolute atomic E-state index is 13.6. The van der Waals surface area contributed by atoms with Gasteiger partial charge >= 0.3 is 11.9 Å². The summed E-state index contributed by atoms with van der Waals surface area (Å²) in [6.45, 7) is 14.0. The topological polar surface area (TPSA) is 102 Å². The number of aliphatic hydroxyl groups excluding tert-OH is 2. The van der Waals surface area contributed by atoms with Crippen molar-refractivity contribution < 1.29 is 34.0 Å². The molecule has 1 aromatic carbocycles. The van der Waals surface area contributed by atoms with Gasteiger partial charge in [0, 0.05) is 11.5 Å². The van der Waals surface area contributed by atoms with Crippen LogP contribution >= 0.6 is 0 Å². The number of methoxy groups -OCH3 is 2. The molecule has 5 aliphatic carbocycles. The zero-order valence-corrected chi connectivity index (χ0v) is 30.4. The third-order valence-electron chi connectivity index (χ3n) is 15.0. The normalized spacial score (nSPS) is 43.1. The number of hydrogen-bond donors (Lipinski definition) is 2. The Morgan fingerprint density at radius 2 is 1.58 bits per heavy atom. The highest BCUT2D eigenvalue weighted by Crippen LogP contribution is 2.75. The molecule has 4 fully saturated rings. The Kier molecular flexibility index (Phi) is 8.80. The molecule has 7 heteroatoms. The molecule has 0 aliphatic heterocycles. The van der Waals surface area contributed by atoms with E-state index in [2.05, 4.69) is 40.7 Å². The number of aliphatic hydroxyl groups is 2. The molecule has 5 aliphatic rings. The Bertz CT molecular complexity index is 1480. The molecule has 0 aromatic heterocycles. The van der Waals surface area contributed by atoms with Crippen molar-refractivity contribution in [1.82, 2.24) is 0 Å². The summed E-state index contributed by atoms with van der Waals surface area (Å²) in [5.41, 5.74) is 0.812. The van der Waals surface area contributed by atoms with Crippen molar-refractivity contribution >= 4 is 18.0 Å². The summed E-state index contributed by atoms with van der Waals surface area (Å²) in [5.74, 6) is 0.740. The van der Waals surface area contributed by atoms with Crippen LogP contribution in [0.2, 0.25) is 0 Å². The van der Waals surface area contributed by atoms with Gasteiger partial charge in [0.05, 0.1) is 38.4 Å². The average Bonchev–Trinajstić information content (AvgIpc) is 3.05. The molecule has 2 N–H and O–H groups in total. The monoisotopic (exact) mass is 662 g/mol. The number of fused-ring (bicyclic) bond motifs is 7. The molecule has 1 aromatic rings. The summed E-state index contributed by atoms with van der Waals surface area (Å²) in [6.07, 6.45) is 11.7. The van der Waals surface area contributed by atoms with E-state index in [0.29, 0.717) is 6.42 Å². The van der Waals surface area contributed by atoms with Gasteiger partial charge in [0.2, 0.25) is 0 Å². The Morgan fingerprint density at radius 1 is 0.896 bits per heavy atom. The Hall–Kier alpha value is -2.64. The Labute approximate surface area is 287 Å². The minimum absolute atomic E-state index is 0.0394. The van der Waals surface area contributed by atoms with Gasteiger partial charge in [-0.05, 0) is 121 Å². The maximum Gasteiger partial charge on any atom is 0.330 e. The zero-order valence-electron chi connectivity index (χ0n) is 30.4. The predicted molar refractivity (Wildman–Crippen MR) is 186 cm³/mol. The first-order valence-electron chi connectivity index (χ1n) is 18.1. The smallest absolute Gasteiger partial charge is 0.330 e. The highest BCUT2D eigenvalue weighted by atomic mass is 16.5. The number of benzene rings is 1. The van der Waals surface area contributed by atoms with Gasteiger partial charge in [0.25, 0.3) is 0 Å². The van der Waals surface area contributed by atoms with Crippen molar-refractivity contribution in [3.63, 3.8) is 0 Å². The summed E-state index contributed by atoms with van der Waals surface area (Å²) >= 11 is 0. The molecule has 0 amide bonds. The van der Waals surface area contributed by atoms with E-state index in [0.717, 1.165) is 62.7 Å². The minimum atomic E-state index is -0.997. The molecule has 0 radical (unpaired) electrons. The van der Waals surface area contributed by atoms with Gasteiger partial charge in [0.1, 0.15) is 5.75 Å². The lowest BCUT2D eigenvalue weighted by atomic mass is 9.33. The van der Waals surface area contributed by atoms with Crippen LogP contribution in [0.25, 0.3) is 6.08 Å². The molecule has 7 nitrogen and oxygen atoms in total. The van der Waals surface area contributed by atoms with Crippen LogP contribution in [-0.2, 0) is 19.1 Å². The van der Waals surface area contributed by atoms with E-state index in [1.807, 2.05) is 31.2 Å². The van der Waals surface area contributed by atoms with Crippen LogP contribution in [0.15, 0.2) is 42.0 Å². The number of carbonyl (C=O) groups excluding carboxylic acids is 2. The molecule has 6 rings (SSSR count). The molecule has 0 bridgehead atoms. The first-order valence-corrected chi connectivity index (χ1v) is 18.1. The summed E-state index contributed by atoms with van der Waals surface area (Å²) in [7, 11) is 3.16. The number of carbonyl (C=O) groups is 2. The van der Waals surface area contributed by atoms with Crippen LogP contribution in [0.5, 0.6) is 5.75 Å². The second kappa shape index (κ2) is 12.0. The molecule has 0 saturated heterocycles. The second-order valence-corrected chi connectivity index (χ2v) is 17.8. The van der Waals surface area contributed by atoms with E-state index in [-0.39, 0.29) is 52.0 Å². The maximum atomic E-state index is 13.6. The summed E-state index contributed by atoms with van der Waals surface area (Å²) in [6, 6.07) is 7.42. The van der Waals surface area contributed by atoms with Gasteiger partial charge in [0.15, 0.2) is 0 Å². The number of ether oxygens (including phenoxy) is 3. The lowest BCUT2D eigenvalue weighted by molar-refractivity contribution is -0.245. The van der Waals surface area contributed by atoms with Crippen LogP contribution in [0.4, 0.5) is 0 Å². The molecule has 0 spiro atoms. The first-order chi connectivity index (χ1) is 22.5. The largest absolute Gasteiger partial charge is 0.497 e. The van der Waals surface area contributed by atoms with Crippen molar-refractivity contribution in [1.29, 1.82) is 0 Å². The third-order valence-corrected chi connectivity index (χ3v) is 15.0. The number of allylic oxidation sites excluding steroid dienone is 2. The molecule has 4 saturated carbocycles. The van der Waals surface area contributed by atoms with Crippen molar-refractivity contribution in [2.45, 2.75) is 112 Å². The van der Waals surface area contributed by atoms with Crippen molar-refractivity contribution in [2.24, 2.45) is 50.2 Å². The van der Waals surface area contributed by atoms with E-state index >= 15 is 0 Å². The van der Waals surface area contributed by atoms with Gasteiger partial charge in [-0.15, -0.1) is 0 Å². The van der Waals surface area contributed by atoms with Gasteiger partial charge < -0.3 is 24.4 Å². The van der Waals surface area contributed by atoms with E-state index in [1.54, 1.807) is 20.3 Å². The average molecular weight is 663 g/mol. The zero-order chi connectivity index (χ0) is 34.9. The van der Waals surface area contributed by atoms with Gasteiger partial charge in [-0.2, -0.15) is 0 Å². The molecular formula is C41H58O7. The lowest BCUT2D eigenvalue weighted by Crippen LogP contribution is -2.68. The molecule has 10 atom stereocenters. The summed E-state index contributed by atoms with van der Waals surface area (Å²) in [4.78, 5) is 26.5. The Morgan fingerprint density at radius 3 is 2.25 bits per heavy atom. The standard InChI is InChI=1S/C41H58O7/c1-36(2)19-21-41(35(45)47-8)22-20-39(5)28(29(41)23-36)14-15-32-37(3)24-30(42)34(44)38(4,31(37)17-18-40(32,39)6)25-48-33(43)16-11-26-9-12-27(46-7)13-10-26/h9-14,16,29-32,34,42,44H,15,17-25H2,1-8H3. The van der Waals surface area contributed by atoms with Crippen LogP contribution in [0, 0.1) is 50.2 Å². The second-order valence-electron chi connectivity index (χ2n) is 17.8. The quantitative estimate of drug-likeness (QED) is 0.184. The van der Waals surface area contributed by atoms with E-state index in [1.165, 1.54) is 11.6 Å². The molecule has 10 unspecified atom stereocenters. The van der Waals surface area contributed by atoms with Crippen LogP contribution < -0.4 is 4.74 Å². The van der Waals surface area contributed by atoms with Gasteiger partial charge in [-0.3, -0.25) is 4.79 Å². The molecular weight excluding hydrogens is 604 g/mol. The van der Waals surface area contributed by atoms with Crippen molar-refractivity contribution in [3.8, 4) is 5.75 Å². The highest BCUT2D eigenvalue weighted by Gasteiger charge is 2.70. The van der Waals surface area contributed by atoms with Gasteiger partial charge in [-0.25, -0.2) is 4.79 Å². The van der Waals surface area contributed by atoms with Crippen molar-refractivity contribution in [3.05, 3.63) is 47.6 Å². The van der Waals surface area contributed by atoms with Crippen LogP contribution in [0.1, 0.15) is 105 Å². The number of hydrogen-bond acceptors (Lipinski definition) is 7. The molecule has 0 heterocycles. The van der Waals surface area contributed by atoms with Gasteiger partial charge in [-0.1, -0.05) is 65.3 Å². The minimum Gasteiger partial charge on any atom is -0.497 e. The fraction of sp³-hybridized carbons (Fsp3) is 0.707. The van der Waals surface area contributed by atoms with Crippen LogP contribution in [-0.4, -0.2) is 55.2 Å².